The first-order chi connectivity index (χ1) is 17.0. The number of methoxy groups -OCH3 is 1. The summed E-state index contributed by atoms with van der Waals surface area (Å²) in [6, 6.07) is 18.1. The highest BCUT2D eigenvalue weighted by Crippen LogP contribution is 2.37. The Kier molecular flexibility index (Phi) is 7.65. The number of hydrogen-bond donors (Lipinski definition) is 0. The fraction of sp³-hybridized carbons (Fsp3) is 0.286. The Hall–Kier alpha value is -3.87. The molecule has 0 fully saturated rings. The largest absolute Gasteiger partial charge is 0.496 e. The van der Waals surface area contributed by atoms with E-state index in [9.17, 15) is 14.0 Å². The van der Waals surface area contributed by atoms with E-state index in [1.807, 2.05) is 42.5 Å². The number of carbonyl (C=O) groups is 2. The Labute approximate surface area is 204 Å². The van der Waals surface area contributed by atoms with Gasteiger partial charge in [0.1, 0.15) is 18.2 Å². The van der Waals surface area contributed by atoms with Crippen LogP contribution >= 0.6 is 0 Å². The predicted molar refractivity (Wildman–Crippen MR) is 129 cm³/mol. The van der Waals surface area contributed by atoms with Gasteiger partial charge in [-0.25, -0.2) is 9.18 Å². The van der Waals surface area contributed by atoms with Crippen LogP contribution in [0.3, 0.4) is 0 Å². The number of fused-ring (bicyclic) bond motifs is 1. The van der Waals surface area contributed by atoms with E-state index in [1.165, 1.54) is 11.0 Å². The molecule has 0 aromatic heterocycles. The molecule has 3 aromatic carbocycles. The van der Waals surface area contributed by atoms with Crippen LogP contribution in [0.25, 0.3) is 11.1 Å². The number of esters is 1. The SMILES string of the molecule is CCOC(=O)Cc1ccc(OC)c(-c2ccc(F)c3c2CCN(C(=O)OCc2ccccc2)C3)c1. The molecule has 4 rings (SSSR count). The number of nitrogens with zero attached hydrogens (tertiary/aromatic N) is 1. The third-order valence-electron chi connectivity index (χ3n) is 6.03. The van der Waals surface area contributed by atoms with Crippen molar-refractivity contribution in [2.24, 2.45) is 0 Å². The van der Waals surface area contributed by atoms with Crippen molar-refractivity contribution in [1.82, 2.24) is 4.90 Å². The second kappa shape index (κ2) is 11.0. The second-order valence-electron chi connectivity index (χ2n) is 8.28. The van der Waals surface area contributed by atoms with Crippen molar-refractivity contribution < 1.29 is 28.2 Å². The average Bonchev–Trinajstić information content (AvgIpc) is 2.88. The summed E-state index contributed by atoms with van der Waals surface area (Å²) in [7, 11) is 1.57. The molecule has 0 saturated carbocycles. The van der Waals surface area contributed by atoms with Crippen LogP contribution in [0, 0.1) is 5.82 Å². The lowest BCUT2D eigenvalue weighted by Gasteiger charge is -2.30. The van der Waals surface area contributed by atoms with Gasteiger partial charge in [0.15, 0.2) is 0 Å². The monoisotopic (exact) mass is 477 g/mol. The molecule has 0 unspecified atom stereocenters. The topological polar surface area (TPSA) is 65.1 Å². The summed E-state index contributed by atoms with van der Waals surface area (Å²) >= 11 is 0. The van der Waals surface area contributed by atoms with Gasteiger partial charge >= 0.3 is 12.1 Å². The quantitative estimate of drug-likeness (QED) is 0.432. The first-order valence-corrected chi connectivity index (χ1v) is 11.6. The predicted octanol–water partition coefficient (Wildman–Crippen LogP) is 5.30. The molecule has 182 valence electrons. The number of rotatable bonds is 7. The summed E-state index contributed by atoms with van der Waals surface area (Å²) in [6.45, 7) is 2.77. The van der Waals surface area contributed by atoms with Crippen molar-refractivity contribution >= 4 is 12.1 Å². The van der Waals surface area contributed by atoms with Crippen molar-refractivity contribution in [3.05, 3.63) is 88.7 Å². The van der Waals surface area contributed by atoms with Crippen molar-refractivity contribution in [3.8, 4) is 16.9 Å². The Bertz CT molecular complexity index is 1210. The zero-order valence-corrected chi connectivity index (χ0v) is 19.9. The van der Waals surface area contributed by atoms with Gasteiger partial charge in [-0.1, -0.05) is 42.5 Å². The standard InChI is InChI=1S/C28H28FNO5/c1-3-34-27(31)16-20-9-12-26(33-2)23(15-20)21-10-11-25(29)24-17-30(14-13-22(21)24)28(32)35-18-19-7-5-4-6-8-19/h4-12,15H,3,13-14,16-18H2,1-2H3. The van der Waals surface area contributed by atoms with Crippen LogP contribution in [0.1, 0.15) is 29.2 Å². The number of amides is 1. The third kappa shape index (κ3) is 5.62. The van der Waals surface area contributed by atoms with Crippen molar-refractivity contribution in [2.75, 3.05) is 20.3 Å². The molecule has 0 saturated heterocycles. The molecule has 0 spiro atoms. The number of carbonyl (C=O) groups excluding carboxylic acids is 2. The molecule has 0 bridgehead atoms. The Morgan fingerprint density at radius 1 is 0.943 bits per heavy atom. The van der Waals surface area contributed by atoms with E-state index in [0.717, 1.165) is 27.8 Å². The van der Waals surface area contributed by atoms with Gasteiger partial charge in [0, 0.05) is 17.7 Å². The van der Waals surface area contributed by atoms with Gasteiger partial charge in [-0.2, -0.15) is 0 Å². The highest BCUT2D eigenvalue weighted by molar-refractivity contribution is 5.78. The maximum absolute atomic E-state index is 14.9. The van der Waals surface area contributed by atoms with E-state index in [-0.39, 0.29) is 31.4 Å². The molecule has 35 heavy (non-hydrogen) atoms. The fourth-order valence-corrected chi connectivity index (χ4v) is 4.31. The Morgan fingerprint density at radius 2 is 1.74 bits per heavy atom. The number of ether oxygens (including phenoxy) is 3. The van der Waals surface area contributed by atoms with Crippen LogP contribution in [-0.4, -0.2) is 37.2 Å². The maximum atomic E-state index is 14.9. The van der Waals surface area contributed by atoms with E-state index >= 15 is 0 Å². The highest BCUT2D eigenvalue weighted by atomic mass is 19.1. The molecule has 7 heteroatoms. The molecule has 0 aliphatic carbocycles. The summed E-state index contributed by atoms with van der Waals surface area (Å²) in [5.74, 6) is -0.0588. The molecule has 0 radical (unpaired) electrons. The molecule has 6 nitrogen and oxygen atoms in total. The minimum atomic E-state index is -0.474. The molecule has 1 heterocycles. The van der Waals surface area contributed by atoms with E-state index in [4.69, 9.17) is 14.2 Å². The van der Waals surface area contributed by atoms with Crippen LogP contribution in [0.5, 0.6) is 5.75 Å². The lowest BCUT2D eigenvalue weighted by atomic mass is 9.89. The lowest BCUT2D eigenvalue weighted by molar-refractivity contribution is -0.142. The zero-order chi connectivity index (χ0) is 24.8. The third-order valence-corrected chi connectivity index (χ3v) is 6.03. The maximum Gasteiger partial charge on any atom is 0.410 e. The minimum Gasteiger partial charge on any atom is -0.496 e. The summed E-state index contributed by atoms with van der Waals surface area (Å²) < 4.78 is 31.0. The lowest BCUT2D eigenvalue weighted by Crippen LogP contribution is -2.37. The molecule has 1 aliphatic rings. The number of hydrogen-bond acceptors (Lipinski definition) is 5. The minimum absolute atomic E-state index is 0.119. The van der Waals surface area contributed by atoms with Gasteiger partial charge in [0.05, 0.1) is 26.7 Å². The number of halogens is 1. The van der Waals surface area contributed by atoms with Crippen LogP contribution in [-0.2, 0) is 40.3 Å². The van der Waals surface area contributed by atoms with Crippen LogP contribution in [0.2, 0.25) is 0 Å². The van der Waals surface area contributed by atoms with Crippen LogP contribution in [0.15, 0.2) is 60.7 Å². The Morgan fingerprint density at radius 3 is 2.49 bits per heavy atom. The van der Waals surface area contributed by atoms with Crippen molar-refractivity contribution in [3.63, 3.8) is 0 Å². The van der Waals surface area contributed by atoms with E-state index in [0.29, 0.717) is 30.9 Å². The molecule has 3 aromatic rings. The first kappa shape index (κ1) is 24.3. The van der Waals surface area contributed by atoms with Crippen LogP contribution < -0.4 is 4.74 Å². The van der Waals surface area contributed by atoms with Gasteiger partial charge in [-0.05, 0) is 53.8 Å². The summed E-state index contributed by atoms with van der Waals surface area (Å²) in [6.07, 6.45) is 0.127. The van der Waals surface area contributed by atoms with E-state index < -0.39 is 6.09 Å². The summed E-state index contributed by atoms with van der Waals surface area (Å²) in [5.41, 5.74) is 4.54. The van der Waals surface area contributed by atoms with Gasteiger partial charge in [0.25, 0.3) is 0 Å². The fourth-order valence-electron chi connectivity index (χ4n) is 4.31. The average molecular weight is 478 g/mol. The molecule has 1 aliphatic heterocycles. The van der Waals surface area contributed by atoms with E-state index in [1.54, 1.807) is 26.2 Å². The van der Waals surface area contributed by atoms with Gasteiger partial charge in [-0.3, -0.25) is 4.79 Å². The summed E-state index contributed by atoms with van der Waals surface area (Å²) in [4.78, 5) is 26.2. The smallest absolute Gasteiger partial charge is 0.410 e. The van der Waals surface area contributed by atoms with Gasteiger partial charge in [0.2, 0.25) is 0 Å². The van der Waals surface area contributed by atoms with E-state index in [2.05, 4.69) is 0 Å². The molecular weight excluding hydrogens is 449 g/mol. The normalized spacial score (nSPS) is 12.6. The zero-order valence-electron chi connectivity index (χ0n) is 19.9. The Balaban J connectivity index is 1.58. The molecule has 1 amide bonds. The van der Waals surface area contributed by atoms with Gasteiger partial charge in [-0.15, -0.1) is 0 Å². The first-order valence-electron chi connectivity index (χ1n) is 11.6. The molecule has 0 N–H and O–H groups in total. The summed E-state index contributed by atoms with van der Waals surface area (Å²) in [5, 5.41) is 0. The van der Waals surface area contributed by atoms with Crippen molar-refractivity contribution in [2.45, 2.75) is 32.9 Å². The highest BCUT2D eigenvalue weighted by Gasteiger charge is 2.27. The number of benzene rings is 3. The molecular formula is C28H28FNO5. The second-order valence-corrected chi connectivity index (χ2v) is 8.28. The van der Waals surface area contributed by atoms with Gasteiger partial charge < -0.3 is 19.1 Å². The van der Waals surface area contributed by atoms with Crippen molar-refractivity contribution in [1.29, 1.82) is 0 Å². The van der Waals surface area contributed by atoms with Crippen LogP contribution in [0.4, 0.5) is 9.18 Å². The molecule has 0 atom stereocenters.